The Morgan fingerprint density at radius 3 is 2.29 bits per heavy atom. The Morgan fingerprint density at radius 1 is 0.917 bits per heavy atom. The third kappa shape index (κ3) is 3.88. The highest BCUT2D eigenvalue weighted by Gasteiger charge is 2.17. The Balaban J connectivity index is 1.62. The van der Waals surface area contributed by atoms with Crippen LogP contribution in [0.5, 0.6) is 0 Å². The fraction of sp³-hybridized carbons (Fsp3) is 0.0526. The third-order valence-electron chi connectivity index (χ3n) is 3.33. The van der Waals surface area contributed by atoms with E-state index in [1.54, 1.807) is 12.1 Å². The summed E-state index contributed by atoms with van der Waals surface area (Å²) in [6, 6.07) is 20.5. The molecule has 1 heterocycles. The minimum absolute atomic E-state index is 0.320. The van der Waals surface area contributed by atoms with Crippen LogP contribution in [0.25, 0.3) is 11.1 Å². The molecule has 24 heavy (non-hydrogen) atoms. The van der Waals surface area contributed by atoms with Crippen LogP contribution in [-0.4, -0.2) is 18.5 Å². The van der Waals surface area contributed by atoms with Crippen molar-refractivity contribution < 1.29 is 14.3 Å². The molecule has 0 atom stereocenters. The number of esters is 1. The summed E-state index contributed by atoms with van der Waals surface area (Å²) in [4.78, 5) is 24.6. The van der Waals surface area contributed by atoms with Crippen LogP contribution in [0, 0.1) is 0 Å². The highest BCUT2D eigenvalue weighted by Crippen LogP contribution is 2.28. The largest absolute Gasteiger partial charge is 0.451 e. The number of para-hydroxylation sites is 1. The number of amides is 1. The maximum Gasteiger partial charge on any atom is 0.349 e. The smallest absolute Gasteiger partial charge is 0.349 e. The van der Waals surface area contributed by atoms with Gasteiger partial charge in [-0.15, -0.1) is 11.3 Å². The van der Waals surface area contributed by atoms with Crippen molar-refractivity contribution in [2.24, 2.45) is 0 Å². The highest BCUT2D eigenvalue weighted by molar-refractivity contribution is 7.12. The quantitative estimate of drug-likeness (QED) is 0.710. The standard InChI is InChI=1S/C19H15NO3S/c21-17(20-15-9-5-2-6-10-15)13-23-19(22)18-16(11-12-24-18)14-7-3-1-4-8-14/h1-12H,13H2,(H,20,21). The number of benzene rings is 2. The average molecular weight is 337 g/mol. The first-order valence-corrected chi connectivity index (χ1v) is 8.27. The minimum atomic E-state index is -0.493. The van der Waals surface area contributed by atoms with Gasteiger partial charge in [-0.25, -0.2) is 4.79 Å². The molecule has 0 aliphatic carbocycles. The van der Waals surface area contributed by atoms with Gasteiger partial charge in [0.25, 0.3) is 5.91 Å². The molecule has 1 amide bonds. The van der Waals surface area contributed by atoms with Gasteiger partial charge in [-0.2, -0.15) is 0 Å². The molecule has 0 spiro atoms. The van der Waals surface area contributed by atoms with E-state index in [1.165, 1.54) is 11.3 Å². The van der Waals surface area contributed by atoms with Crippen LogP contribution in [0.3, 0.4) is 0 Å². The number of rotatable bonds is 5. The summed E-state index contributed by atoms with van der Waals surface area (Å²) >= 11 is 1.30. The fourth-order valence-electron chi connectivity index (χ4n) is 2.23. The normalized spacial score (nSPS) is 10.2. The predicted molar refractivity (Wildman–Crippen MR) is 95.1 cm³/mol. The summed E-state index contributed by atoms with van der Waals surface area (Å²) in [6.45, 7) is -0.320. The lowest BCUT2D eigenvalue weighted by Crippen LogP contribution is -2.20. The van der Waals surface area contributed by atoms with Crippen molar-refractivity contribution in [3.8, 4) is 11.1 Å². The molecule has 0 saturated carbocycles. The number of carbonyl (C=O) groups is 2. The first-order valence-electron chi connectivity index (χ1n) is 7.39. The van der Waals surface area contributed by atoms with Crippen molar-refractivity contribution in [1.29, 1.82) is 0 Å². The molecular formula is C19H15NO3S. The molecular weight excluding hydrogens is 322 g/mol. The Hall–Kier alpha value is -2.92. The maximum atomic E-state index is 12.3. The van der Waals surface area contributed by atoms with Crippen LogP contribution in [0.2, 0.25) is 0 Å². The van der Waals surface area contributed by atoms with Gasteiger partial charge < -0.3 is 10.1 Å². The lowest BCUT2D eigenvalue weighted by molar-refractivity contribution is -0.119. The van der Waals surface area contributed by atoms with Gasteiger partial charge in [0.15, 0.2) is 6.61 Å². The maximum absolute atomic E-state index is 12.3. The predicted octanol–water partition coefficient (Wildman–Crippen LogP) is 4.21. The Kier molecular flexibility index (Phi) is 5.03. The Bertz CT molecular complexity index is 828. The molecule has 0 fully saturated rings. The molecule has 1 aromatic heterocycles. The van der Waals surface area contributed by atoms with E-state index < -0.39 is 5.97 Å². The molecule has 4 nitrogen and oxygen atoms in total. The van der Waals surface area contributed by atoms with Crippen LogP contribution in [0.4, 0.5) is 5.69 Å². The van der Waals surface area contributed by atoms with Crippen molar-refractivity contribution in [1.82, 2.24) is 0 Å². The summed E-state index contributed by atoms with van der Waals surface area (Å²) < 4.78 is 5.14. The van der Waals surface area contributed by atoms with E-state index in [2.05, 4.69) is 5.32 Å². The number of hydrogen-bond donors (Lipinski definition) is 1. The van der Waals surface area contributed by atoms with Crippen LogP contribution in [0.15, 0.2) is 72.1 Å². The fourth-order valence-corrected chi connectivity index (χ4v) is 3.04. The van der Waals surface area contributed by atoms with E-state index in [0.29, 0.717) is 10.6 Å². The van der Waals surface area contributed by atoms with Gasteiger partial charge in [0.05, 0.1) is 0 Å². The average Bonchev–Trinajstić information content (AvgIpc) is 3.11. The molecule has 0 bridgehead atoms. The van der Waals surface area contributed by atoms with E-state index in [0.717, 1.165) is 11.1 Å². The lowest BCUT2D eigenvalue weighted by Gasteiger charge is -2.07. The monoisotopic (exact) mass is 337 g/mol. The van der Waals surface area contributed by atoms with Crippen LogP contribution in [0.1, 0.15) is 9.67 Å². The zero-order chi connectivity index (χ0) is 16.8. The van der Waals surface area contributed by atoms with Crippen molar-refractivity contribution >= 4 is 28.9 Å². The summed E-state index contributed by atoms with van der Waals surface area (Å²) in [5.41, 5.74) is 2.42. The molecule has 0 radical (unpaired) electrons. The highest BCUT2D eigenvalue weighted by atomic mass is 32.1. The van der Waals surface area contributed by atoms with Gasteiger partial charge in [-0.3, -0.25) is 4.79 Å². The number of hydrogen-bond acceptors (Lipinski definition) is 4. The van der Waals surface area contributed by atoms with Gasteiger partial charge in [-0.05, 0) is 29.1 Å². The van der Waals surface area contributed by atoms with Crippen molar-refractivity contribution in [3.05, 3.63) is 77.0 Å². The summed E-state index contributed by atoms with van der Waals surface area (Å²) in [7, 11) is 0. The molecule has 0 aliphatic heterocycles. The first kappa shape index (κ1) is 16.0. The molecule has 0 aliphatic rings. The summed E-state index contributed by atoms with van der Waals surface area (Å²) in [6.07, 6.45) is 0. The first-order chi connectivity index (χ1) is 11.7. The van der Waals surface area contributed by atoms with Crippen molar-refractivity contribution in [2.45, 2.75) is 0 Å². The zero-order valence-corrected chi connectivity index (χ0v) is 13.6. The summed E-state index contributed by atoms with van der Waals surface area (Å²) in [5.74, 6) is -0.862. The number of anilines is 1. The Labute approximate surface area is 143 Å². The van der Waals surface area contributed by atoms with Crippen LogP contribution < -0.4 is 5.32 Å². The topological polar surface area (TPSA) is 55.4 Å². The van der Waals surface area contributed by atoms with Gasteiger partial charge in [0, 0.05) is 11.3 Å². The van der Waals surface area contributed by atoms with E-state index in [4.69, 9.17) is 4.74 Å². The van der Waals surface area contributed by atoms with Crippen molar-refractivity contribution in [3.63, 3.8) is 0 Å². The second kappa shape index (κ2) is 7.57. The third-order valence-corrected chi connectivity index (χ3v) is 4.22. The molecule has 0 saturated heterocycles. The number of ether oxygens (including phenoxy) is 1. The van der Waals surface area contributed by atoms with Crippen LogP contribution >= 0.6 is 11.3 Å². The zero-order valence-electron chi connectivity index (χ0n) is 12.8. The molecule has 5 heteroatoms. The minimum Gasteiger partial charge on any atom is -0.451 e. The van der Waals surface area contributed by atoms with E-state index in [1.807, 2.05) is 60.0 Å². The molecule has 3 rings (SSSR count). The van der Waals surface area contributed by atoms with Gasteiger partial charge >= 0.3 is 5.97 Å². The molecule has 2 aromatic carbocycles. The van der Waals surface area contributed by atoms with Crippen LogP contribution in [-0.2, 0) is 9.53 Å². The molecule has 1 N–H and O–H groups in total. The second-order valence-corrected chi connectivity index (χ2v) is 5.94. The molecule has 3 aromatic rings. The van der Waals surface area contributed by atoms with E-state index in [-0.39, 0.29) is 12.5 Å². The Morgan fingerprint density at radius 2 is 1.58 bits per heavy atom. The number of nitrogens with one attached hydrogen (secondary N) is 1. The van der Waals surface area contributed by atoms with Crippen molar-refractivity contribution in [2.75, 3.05) is 11.9 Å². The number of thiophene rings is 1. The SMILES string of the molecule is O=C(COC(=O)c1sccc1-c1ccccc1)Nc1ccccc1. The molecule has 0 unspecified atom stereocenters. The van der Waals surface area contributed by atoms with Gasteiger partial charge in [0.1, 0.15) is 4.88 Å². The number of carbonyl (C=O) groups excluding carboxylic acids is 2. The van der Waals surface area contributed by atoms with E-state index in [9.17, 15) is 9.59 Å². The lowest BCUT2D eigenvalue weighted by atomic mass is 10.1. The second-order valence-electron chi connectivity index (χ2n) is 5.02. The summed E-state index contributed by atoms with van der Waals surface area (Å²) in [5, 5.41) is 4.51. The van der Waals surface area contributed by atoms with Gasteiger partial charge in [-0.1, -0.05) is 48.5 Å². The van der Waals surface area contributed by atoms with E-state index >= 15 is 0 Å². The van der Waals surface area contributed by atoms with Gasteiger partial charge in [0.2, 0.25) is 0 Å². The molecule has 120 valence electrons.